The van der Waals surface area contributed by atoms with Crippen molar-refractivity contribution in [2.75, 3.05) is 12.4 Å². The van der Waals surface area contributed by atoms with Crippen LogP contribution in [0.15, 0.2) is 51.9 Å². The van der Waals surface area contributed by atoms with Gasteiger partial charge in [0.25, 0.3) is 0 Å². The highest BCUT2D eigenvalue weighted by Gasteiger charge is 2.13. The number of hydrogen-bond acceptors (Lipinski definition) is 9. The Kier molecular flexibility index (Phi) is 7.25. The second-order valence-corrected chi connectivity index (χ2v) is 9.23. The zero-order chi connectivity index (χ0) is 22.3. The van der Waals surface area contributed by atoms with Gasteiger partial charge in [0.2, 0.25) is 5.91 Å². The third kappa shape index (κ3) is 5.78. The lowest BCUT2D eigenvalue weighted by Gasteiger charge is -2.08. The van der Waals surface area contributed by atoms with Gasteiger partial charge < -0.3 is 14.8 Å². The van der Waals surface area contributed by atoms with Gasteiger partial charge in [0, 0.05) is 21.7 Å². The van der Waals surface area contributed by atoms with Crippen LogP contribution >= 0.6 is 34.0 Å². The van der Waals surface area contributed by atoms with Crippen molar-refractivity contribution < 1.29 is 19.1 Å². The number of nitrogens with zero attached hydrogens (tertiary/aromatic N) is 2. The SMILES string of the molecule is COc1ccccc1NC(=O)Cc1nc(COC(=O)Cc2csc(-c3ccsc3)n2)cs1. The number of amides is 1. The van der Waals surface area contributed by atoms with Gasteiger partial charge in [-0.2, -0.15) is 11.3 Å². The maximum Gasteiger partial charge on any atom is 0.312 e. The van der Waals surface area contributed by atoms with Gasteiger partial charge in [0.15, 0.2) is 0 Å². The maximum absolute atomic E-state index is 12.3. The quantitative estimate of drug-likeness (QED) is 0.342. The molecular formula is C22H19N3O4S3. The first-order valence-corrected chi connectivity index (χ1v) is 12.3. The molecule has 3 heterocycles. The van der Waals surface area contributed by atoms with Gasteiger partial charge in [-0.25, -0.2) is 9.97 Å². The fraction of sp³-hybridized carbons (Fsp3) is 0.182. The molecule has 0 radical (unpaired) electrons. The average molecular weight is 486 g/mol. The molecule has 0 unspecified atom stereocenters. The van der Waals surface area contributed by atoms with Gasteiger partial charge in [-0.05, 0) is 23.6 Å². The van der Waals surface area contributed by atoms with Crippen LogP contribution in [0.4, 0.5) is 5.69 Å². The van der Waals surface area contributed by atoms with Crippen molar-refractivity contribution in [2.24, 2.45) is 0 Å². The minimum absolute atomic E-state index is 0.0605. The van der Waals surface area contributed by atoms with Crippen LogP contribution in [0, 0.1) is 0 Å². The minimum atomic E-state index is -0.365. The summed E-state index contributed by atoms with van der Waals surface area (Å²) in [5.74, 6) is 0.0307. The van der Waals surface area contributed by atoms with Crippen molar-refractivity contribution in [2.45, 2.75) is 19.4 Å². The van der Waals surface area contributed by atoms with E-state index in [1.165, 1.54) is 22.7 Å². The molecule has 7 nitrogen and oxygen atoms in total. The highest BCUT2D eigenvalue weighted by molar-refractivity contribution is 7.14. The first-order valence-electron chi connectivity index (χ1n) is 9.59. The topological polar surface area (TPSA) is 90.4 Å². The second kappa shape index (κ2) is 10.5. The Morgan fingerprint density at radius 1 is 1.00 bits per heavy atom. The molecule has 164 valence electrons. The van der Waals surface area contributed by atoms with Crippen molar-refractivity contribution >= 4 is 51.6 Å². The van der Waals surface area contributed by atoms with Crippen molar-refractivity contribution in [3.8, 4) is 16.3 Å². The van der Waals surface area contributed by atoms with E-state index in [4.69, 9.17) is 9.47 Å². The van der Waals surface area contributed by atoms with Crippen LogP contribution in [0.2, 0.25) is 0 Å². The maximum atomic E-state index is 12.3. The molecule has 0 aliphatic rings. The van der Waals surface area contributed by atoms with Gasteiger partial charge in [-0.1, -0.05) is 12.1 Å². The van der Waals surface area contributed by atoms with E-state index in [-0.39, 0.29) is 31.3 Å². The molecule has 0 fully saturated rings. The number of thiazole rings is 2. The third-order valence-corrected chi connectivity index (χ3v) is 6.84. The normalized spacial score (nSPS) is 10.7. The van der Waals surface area contributed by atoms with Crippen LogP contribution in [0.1, 0.15) is 16.4 Å². The number of hydrogen-bond donors (Lipinski definition) is 1. The fourth-order valence-electron chi connectivity index (χ4n) is 2.84. The molecule has 0 bridgehead atoms. The molecule has 4 rings (SSSR count). The fourth-order valence-corrected chi connectivity index (χ4v) is 5.15. The Morgan fingerprint density at radius 3 is 2.66 bits per heavy atom. The summed E-state index contributed by atoms with van der Waals surface area (Å²) in [4.78, 5) is 33.4. The first-order chi connectivity index (χ1) is 15.6. The van der Waals surface area contributed by atoms with E-state index >= 15 is 0 Å². The van der Waals surface area contributed by atoms with E-state index in [0.717, 1.165) is 10.6 Å². The van der Waals surface area contributed by atoms with E-state index in [9.17, 15) is 9.59 Å². The number of nitrogens with one attached hydrogen (secondary N) is 1. The Hall–Kier alpha value is -3.08. The van der Waals surface area contributed by atoms with E-state index in [0.29, 0.717) is 27.8 Å². The molecule has 0 saturated carbocycles. The number of carbonyl (C=O) groups excluding carboxylic acids is 2. The number of para-hydroxylation sites is 2. The van der Waals surface area contributed by atoms with Crippen molar-refractivity contribution in [1.82, 2.24) is 9.97 Å². The summed E-state index contributed by atoms with van der Waals surface area (Å²) in [6, 6.07) is 9.21. The molecule has 32 heavy (non-hydrogen) atoms. The van der Waals surface area contributed by atoms with Crippen molar-refractivity contribution in [3.05, 3.63) is 68.2 Å². The zero-order valence-corrected chi connectivity index (χ0v) is 19.5. The average Bonchev–Trinajstić information content (AvgIpc) is 3.55. The number of benzene rings is 1. The lowest BCUT2D eigenvalue weighted by Crippen LogP contribution is -2.15. The number of esters is 1. The van der Waals surface area contributed by atoms with E-state index < -0.39 is 0 Å². The van der Waals surface area contributed by atoms with Crippen LogP contribution in [-0.4, -0.2) is 29.0 Å². The predicted octanol–water partition coefficient (Wildman–Crippen LogP) is 4.80. The van der Waals surface area contributed by atoms with Gasteiger partial charge in [0.1, 0.15) is 22.4 Å². The molecular weight excluding hydrogens is 466 g/mol. The van der Waals surface area contributed by atoms with Gasteiger partial charge in [0.05, 0.1) is 37.0 Å². The molecule has 3 aromatic heterocycles. The number of thiophene rings is 1. The monoisotopic (exact) mass is 485 g/mol. The molecule has 0 aliphatic carbocycles. The van der Waals surface area contributed by atoms with Crippen LogP contribution in [0.5, 0.6) is 5.75 Å². The summed E-state index contributed by atoms with van der Waals surface area (Å²) in [7, 11) is 1.55. The summed E-state index contributed by atoms with van der Waals surface area (Å²) in [6.45, 7) is 0.0605. The largest absolute Gasteiger partial charge is 0.495 e. The second-order valence-electron chi connectivity index (χ2n) is 6.65. The first kappa shape index (κ1) is 22.1. The van der Waals surface area contributed by atoms with Crippen molar-refractivity contribution in [1.29, 1.82) is 0 Å². The predicted molar refractivity (Wildman–Crippen MR) is 126 cm³/mol. The lowest BCUT2D eigenvalue weighted by molar-refractivity contribution is -0.144. The standard InChI is InChI=1S/C22H19N3O4S3/c1-28-18-5-3-2-4-17(18)25-19(26)9-20-23-16(13-31-20)10-29-21(27)8-15-12-32-22(24-15)14-6-7-30-11-14/h2-7,11-13H,8-10H2,1H3,(H,25,26). The Bertz CT molecular complexity index is 1200. The molecule has 0 aliphatic heterocycles. The van der Waals surface area contributed by atoms with Crippen LogP contribution in [0.25, 0.3) is 10.6 Å². The van der Waals surface area contributed by atoms with E-state index in [1.54, 1.807) is 36.0 Å². The lowest BCUT2D eigenvalue weighted by atomic mass is 10.3. The summed E-state index contributed by atoms with van der Waals surface area (Å²) in [5, 5.41) is 12.0. The summed E-state index contributed by atoms with van der Waals surface area (Å²) in [6.07, 6.45) is 0.236. The minimum Gasteiger partial charge on any atom is -0.495 e. The number of anilines is 1. The van der Waals surface area contributed by atoms with Crippen LogP contribution in [0.3, 0.4) is 0 Å². The molecule has 0 saturated heterocycles. The molecule has 0 atom stereocenters. The van der Waals surface area contributed by atoms with Gasteiger partial charge >= 0.3 is 5.97 Å². The number of aromatic nitrogens is 2. The number of rotatable bonds is 9. The zero-order valence-electron chi connectivity index (χ0n) is 17.1. The molecule has 1 aromatic carbocycles. The van der Waals surface area contributed by atoms with Gasteiger partial charge in [-0.15, -0.1) is 22.7 Å². The van der Waals surface area contributed by atoms with Crippen LogP contribution < -0.4 is 10.1 Å². The highest BCUT2D eigenvalue weighted by Crippen LogP contribution is 2.26. The van der Waals surface area contributed by atoms with Gasteiger partial charge in [-0.3, -0.25) is 9.59 Å². The Morgan fingerprint density at radius 2 is 1.84 bits per heavy atom. The molecule has 0 spiro atoms. The summed E-state index contributed by atoms with van der Waals surface area (Å²) in [5.41, 5.74) is 2.97. The summed E-state index contributed by atoms with van der Waals surface area (Å²) < 4.78 is 10.6. The molecule has 1 N–H and O–H groups in total. The molecule has 1 amide bonds. The number of ether oxygens (including phenoxy) is 2. The Labute approximate surface area is 196 Å². The summed E-state index contributed by atoms with van der Waals surface area (Å²) >= 11 is 4.47. The highest BCUT2D eigenvalue weighted by atomic mass is 32.1. The third-order valence-electron chi connectivity index (χ3n) is 4.32. The smallest absolute Gasteiger partial charge is 0.312 e. The number of carbonyl (C=O) groups is 2. The van der Waals surface area contributed by atoms with Crippen molar-refractivity contribution in [3.63, 3.8) is 0 Å². The van der Waals surface area contributed by atoms with E-state index in [1.807, 2.05) is 34.3 Å². The molecule has 4 aromatic rings. The Balaban J connectivity index is 1.25. The number of methoxy groups -OCH3 is 1. The van der Waals surface area contributed by atoms with Crippen LogP contribution in [-0.2, 0) is 33.8 Å². The van der Waals surface area contributed by atoms with E-state index in [2.05, 4.69) is 15.3 Å². The molecule has 10 heteroatoms.